The van der Waals surface area contributed by atoms with Crippen LogP contribution in [0.3, 0.4) is 0 Å². The molecule has 1 fully saturated rings. The van der Waals surface area contributed by atoms with E-state index in [1.54, 1.807) is 13.2 Å². The number of nitrogens with zero attached hydrogens (tertiary/aromatic N) is 1. The van der Waals surface area contributed by atoms with Gasteiger partial charge in [-0.05, 0) is 58.3 Å². The van der Waals surface area contributed by atoms with Crippen LogP contribution in [0.5, 0.6) is 5.75 Å². The number of hydrogen-bond acceptors (Lipinski definition) is 4. The van der Waals surface area contributed by atoms with Gasteiger partial charge in [0, 0.05) is 0 Å². The number of imide groups is 1. The lowest BCUT2D eigenvalue weighted by atomic mass is 10.0. The summed E-state index contributed by atoms with van der Waals surface area (Å²) in [5.41, 5.74) is 2.81. The molecule has 3 aromatic carbocycles. The van der Waals surface area contributed by atoms with Crippen molar-refractivity contribution in [3.05, 3.63) is 82.3 Å². The number of carbonyl (C=O) groups excluding carboxylic acids is 2. The monoisotopic (exact) mass is 389 g/mol. The summed E-state index contributed by atoms with van der Waals surface area (Å²) in [6.45, 7) is 2.22. The van der Waals surface area contributed by atoms with Crippen LogP contribution in [0.1, 0.15) is 16.7 Å². The molecule has 140 valence electrons. The lowest BCUT2D eigenvalue weighted by Gasteiger charge is -2.14. The molecule has 4 nitrogen and oxygen atoms in total. The highest BCUT2D eigenvalue weighted by Crippen LogP contribution is 2.34. The number of thioether (sulfide) groups is 1. The zero-order chi connectivity index (χ0) is 19.7. The first kappa shape index (κ1) is 18.3. The van der Waals surface area contributed by atoms with Crippen LogP contribution < -0.4 is 4.74 Å². The fourth-order valence-corrected chi connectivity index (χ4v) is 4.15. The summed E-state index contributed by atoms with van der Waals surface area (Å²) in [5, 5.41) is 1.90. The lowest BCUT2D eigenvalue weighted by molar-refractivity contribution is -0.123. The van der Waals surface area contributed by atoms with Gasteiger partial charge in [0.05, 0.1) is 18.6 Å². The van der Waals surface area contributed by atoms with Crippen molar-refractivity contribution in [2.45, 2.75) is 13.5 Å². The van der Waals surface area contributed by atoms with Gasteiger partial charge in [-0.1, -0.05) is 54.6 Å². The number of aryl methyl sites for hydroxylation is 1. The van der Waals surface area contributed by atoms with Crippen LogP contribution >= 0.6 is 11.8 Å². The van der Waals surface area contributed by atoms with Crippen molar-refractivity contribution < 1.29 is 14.3 Å². The van der Waals surface area contributed by atoms with E-state index in [1.165, 1.54) is 4.90 Å². The smallest absolute Gasteiger partial charge is 0.293 e. The SMILES string of the molecule is COc1cc(/C=C2/SC(=O)N(Cc3cccc4ccccc34)C2=O)ccc1C. The first-order valence-corrected chi connectivity index (χ1v) is 9.75. The molecule has 0 saturated carbocycles. The van der Waals surface area contributed by atoms with Crippen LogP contribution in [0.2, 0.25) is 0 Å². The summed E-state index contributed by atoms with van der Waals surface area (Å²) in [5.74, 6) is 0.492. The summed E-state index contributed by atoms with van der Waals surface area (Å²) in [4.78, 5) is 27.1. The van der Waals surface area contributed by atoms with Crippen molar-refractivity contribution >= 4 is 39.8 Å². The van der Waals surface area contributed by atoms with Crippen LogP contribution in [0.15, 0.2) is 65.6 Å². The summed E-state index contributed by atoms with van der Waals surface area (Å²) in [7, 11) is 1.62. The Balaban J connectivity index is 1.62. The molecule has 0 radical (unpaired) electrons. The number of hydrogen-bond donors (Lipinski definition) is 0. The second-order valence-electron chi connectivity index (χ2n) is 6.64. The molecule has 2 amide bonds. The minimum atomic E-state index is -0.262. The third-order valence-electron chi connectivity index (χ3n) is 4.81. The van der Waals surface area contributed by atoms with Crippen LogP contribution in [0.4, 0.5) is 4.79 Å². The van der Waals surface area contributed by atoms with Gasteiger partial charge in [-0.3, -0.25) is 14.5 Å². The van der Waals surface area contributed by atoms with Gasteiger partial charge in [-0.25, -0.2) is 0 Å². The van der Waals surface area contributed by atoms with Gasteiger partial charge in [0.15, 0.2) is 0 Å². The summed E-state index contributed by atoms with van der Waals surface area (Å²) in [6, 6.07) is 19.6. The summed E-state index contributed by atoms with van der Waals surface area (Å²) >= 11 is 0.977. The molecule has 1 heterocycles. The molecule has 0 aromatic heterocycles. The third kappa shape index (κ3) is 3.41. The second kappa shape index (κ2) is 7.52. The van der Waals surface area contributed by atoms with Crippen LogP contribution in [0.25, 0.3) is 16.8 Å². The molecule has 0 spiro atoms. The Kier molecular flexibility index (Phi) is 4.92. The zero-order valence-electron chi connectivity index (χ0n) is 15.6. The Hall–Kier alpha value is -3.05. The molecule has 1 aliphatic rings. The van der Waals surface area contributed by atoms with Crippen LogP contribution in [0, 0.1) is 6.92 Å². The Morgan fingerprint density at radius 1 is 1.04 bits per heavy atom. The van der Waals surface area contributed by atoms with Crippen LogP contribution in [-0.4, -0.2) is 23.2 Å². The molecule has 0 atom stereocenters. The lowest BCUT2D eigenvalue weighted by Crippen LogP contribution is -2.27. The molecule has 0 aliphatic carbocycles. The second-order valence-corrected chi connectivity index (χ2v) is 7.63. The van der Waals surface area contributed by atoms with Gasteiger partial charge >= 0.3 is 0 Å². The largest absolute Gasteiger partial charge is 0.496 e. The predicted octanol–water partition coefficient (Wildman–Crippen LogP) is 5.39. The predicted molar refractivity (Wildman–Crippen MR) is 113 cm³/mol. The maximum Gasteiger partial charge on any atom is 0.293 e. The topological polar surface area (TPSA) is 46.6 Å². The van der Waals surface area contributed by atoms with Crippen molar-refractivity contribution in [2.75, 3.05) is 7.11 Å². The fraction of sp³-hybridized carbons (Fsp3) is 0.130. The Labute approximate surface area is 167 Å². The van der Waals surface area contributed by atoms with E-state index < -0.39 is 0 Å². The van der Waals surface area contributed by atoms with Gasteiger partial charge in [0.1, 0.15) is 5.75 Å². The highest BCUT2D eigenvalue weighted by Gasteiger charge is 2.35. The van der Waals surface area contributed by atoms with Gasteiger partial charge in [0.25, 0.3) is 11.1 Å². The molecule has 4 rings (SSSR count). The summed E-state index contributed by atoms with van der Waals surface area (Å²) < 4.78 is 5.34. The normalized spacial score (nSPS) is 15.6. The Morgan fingerprint density at radius 2 is 1.82 bits per heavy atom. The minimum absolute atomic E-state index is 0.247. The van der Waals surface area contributed by atoms with Gasteiger partial charge in [-0.15, -0.1) is 0 Å². The number of rotatable bonds is 4. The zero-order valence-corrected chi connectivity index (χ0v) is 16.5. The van der Waals surface area contributed by atoms with Gasteiger partial charge < -0.3 is 4.74 Å². The van der Waals surface area contributed by atoms with E-state index in [4.69, 9.17) is 4.74 Å². The van der Waals surface area contributed by atoms with Crippen LogP contribution in [-0.2, 0) is 11.3 Å². The van der Waals surface area contributed by atoms with E-state index in [-0.39, 0.29) is 17.7 Å². The molecule has 1 aliphatic heterocycles. The molecular formula is C23H19NO3S. The highest BCUT2D eigenvalue weighted by atomic mass is 32.2. The van der Waals surface area contributed by atoms with E-state index in [2.05, 4.69) is 0 Å². The number of ether oxygens (including phenoxy) is 1. The maximum atomic E-state index is 12.9. The number of amides is 2. The highest BCUT2D eigenvalue weighted by molar-refractivity contribution is 8.18. The number of methoxy groups -OCH3 is 1. The van der Waals surface area contributed by atoms with Crippen molar-refractivity contribution in [3.63, 3.8) is 0 Å². The molecule has 1 saturated heterocycles. The van der Waals surface area contributed by atoms with Crippen molar-refractivity contribution in [2.24, 2.45) is 0 Å². The molecule has 0 N–H and O–H groups in total. The van der Waals surface area contributed by atoms with E-state index in [9.17, 15) is 9.59 Å². The average Bonchev–Trinajstić information content (AvgIpc) is 2.97. The quantitative estimate of drug-likeness (QED) is 0.561. The molecular weight excluding hydrogens is 370 g/mol. The van der Waals surface area contributed by atoms with E-state index >= 15 is 0 Å². The molecule has 0 bridgehead atoms. The Bertz CT molecular complexity index is 1110. The standard InChI is InChI=1S/C23H19NO3S/c1-15-10-11-16(12-20(15)27-2)13-21-22(25)24(23(26)28-21)14-18-8-5-7-17-6-3-4-9-19(17)18/h3-13H,14H2,1-2H3/b21-13+. The fourth-order valence-electron chi connectivity index (χ4n) is 3.31. The maximum absolute atomic E-state index is 12.9. The van der Waals surface area contributed by atoms with Gasteiger partial charge in [0.2, 0.25) is 0 Å². The molecule has 3 aromatic rings. The van der Waals surface area contributed by atoms with E-state index in [0.29, 0.717) is 4.91 Å². The number of carbonyl (C=O) groups is 2. The molecule has 28 heavy (non-hydrogen) atoms. The van der Waals surface area contributed by atoms with E-state index in [0.717, 1.165) is 45.0 Å². The van der Waals surface area contributed by atoms with Crippen molar-refractivity contribution in [1.82, 2.24) is 4.90 Å². The minimum Gasteiger partial charge on any atom is -0.496 e. The third-order valence-corrected chi connectivity index (χ3v) is 5.72. The average molecular weight is 389 g/mol. The van der Waals surface area contributed by atoms with E-state index in [1.807, 2.05) is 67.6 Å². The van der Waals surface area contributed by atoms with Gasteiger partial charge in [-0.2, -0.15) is 0 Å². The first-order valence-electron chi connectivity index (χ1n) is 8.93. The molecule has 0 unspecified atom stereocenters. The number of fused-ring (bicyclic) bond motifs is 1. The first-order chi connectivity index (χ1) is 13.6. The molecule has 5 heteroatoms. The van der Waals surface area contributed by atoms with Crippen molar-refractivity contribution in [3.8, 4) is 5.75 Å². The Morgan fingerprint density at radius 3 is 2.64 bits per heavy atom. The van der Waals surface area contributed by atoms with Crippen molar-refractivity contribution in [1.29, 1.82) is 0 Å². The number of benzene rings is 3. The summed E-state index contributed by atoms with van der Waals surface area (Å²) in [6.07, 6.45) is 1.75.